The summed E-state index contributed by atoms with van der Waals surface area (Å²) < 4.78 is 28.2. The van der Waals surface area contributed by atoms with Gasteiger partial charge in [0, 0.05) is 6.54 Å². The Morgan fingerprint density at radius 2 is 1.85 bits per heavy atom. The summed E-state index contributed by atoms with van der Waals surface area (Å²) in [5.41, 5.74) is 4.02. The molecule has 0 unspecified atom stereocenters. The standard InChI is InChI=1S/C13H15F2N3O2/c1-13(2)12(20)17-10(19)6-18(13)11-8(14)3-7(5-16)4-9(11)15/h3-4H,5-6,16H2,1-2H3,(H,17,19,20). The fraction of sp³-hybridized carbons (Fsp3) is 0.385. The Kier molecular flexibility index (Phi) is 3.47. The van der Waals surface area contributed by atoms with Crippen LogP contribution < -0.4 is 16.0 Å². The van der Waals surface area contributed by atoms with E-state index in [1.54, 1.807) is 0 Å². The van der Waals surface area contributed by atoms with Crippen LogP contribution in [0.2, 0.25) is 0 Å². The third-order valence-corrected chi connectivity index (χ3v) is 3.37. The number of anilines is 1. The Morgan fingerprint density at radius 3 is 2.35 bits per heavy atom. The fourth-order valence-corrected chi connectivity index (χ4v) is 2.14. The number of nitrogens with two attached hydrogens (primary N) is 1. The predicted octanol–water partition coefficient (Wildman–Crippen LogP) is 0.665. The summed E-state index contributed by atoms with van der Waals surface area (Å²) in [5.74, 6) is -2.89. The number of benzene rings is 1. The van der Waals surface area contributed by atoms with Crippen molar-refractivity contribution in [2.75, 3.05) is 11.4 Å². The molecule has 1 aromatic rings. The SMILES string of the molecule is CC1(C)C(=O)NC(=O)CN1c1c(F)cc(CN)cc1F. The predicted molar refractivity (Wildman–Crippen MR) is 68.8 cm³/mol. The second-order valence-electron chi connectivity index (χ2n) is 5.13. The monoisotopic (exact) mass is 283 g/mol. The van der Waals surface area contributed by atoms with Crippen molar-refractivity contribution in [3.8, 4) is 0 Å². The zero-order chi connectivity index (χ0) is 15.1. The van der Waals surface area contributed by atoms with Gasteiger partial charge in [-0.1, -0.05) is 0 Å². The highest BCUT2D eigenvalue weighted by Gasteiger charge is 2.43. The van der Waals surface area contributed by atoms with E-state index in [0.29, 0.717) is 5.56 Å². The number of hydrogen-bond donors (Lipinski definition) is 2. The zero-order valence-corrected chi connectivity index (χ0v) is 11.2. The smallest absolute Gasteiger partial charge is 0.251 e. The van der Waals surface area contributed by atoms with Crippen LogP contribution in [-0.2, 0) is 16.1 Å². The number of amides is 2. The molecule has 7 heteroatoms. The van der Waals surface area contributed by atoms with Crippen molar-refractivity contribution < 1.29 is 18.4 Å². The number of imide groups is 1. The molecule has 0 spiro atoms. The Labute approximate surface area is 114 Å². The van der Waals surface area contributed by atoms with Crippen LogP contribution in [0.3, 0.4) is 0 Å². The van der Waals surface area contributed by atoms with Crippen molar-refractivity contribution in [3.05, 3.63) is 29.3 Å². The molecule has 2 amide bonds. The van der Waals surface area contributed by atoms with Crippen LogP contribution in [0, 0.1) is 11.6 Å². The van der Waals surface area contributed by atoms with Crippen molar-refractivity contribution in [3.63, 3.8) is 0 Å². The summed E-state index contributed by atoms with van der Waals surface area (Å²) in [6.07, 6.45) is 0. The number of nitrogens with zero attached hydrogens (tertiary/aromatic N) is 1. The van der Waals surface area contributed by atoms with Crippen LogP contribution in [0.15, 0.2) is 12.1 Å². The van der Waals surface area contributed by atoms with E-state index in [2.05, 4.69) is 5.32 Å². The number of halogens is 2. The highest BCUT2D eigenvalue weighted by molar-refractivity contribution is 6.06. The second-order valence-corrected chi connectivity index (χ2v) is 5.13. The lowest BCUT2D eigenvalue weighted by Gasteiger charge is -2.41. The maximum absolute atomic E-state index is 14.1. The van der Waals surface area contributed by atoms with Gasteiger partial charge in [0.05, 0.1) is 6.54 Å². The molecular formula is C13H15F2N3O2. The van der Waals surface area contributed by atoms with Crippen LogP contribution >= 0.6 is 0 Å². The zero-order valence-electron chi connectivity index (χ0n) is 11.2. The molecule has 20 heavy (non-hydrogen) atoms. The average Bonchev–Trinajstić information content (AvgIpc) is 2.34. The van der Waals surface area contributed by atoms with Crippen molar-refractivity contribution in [2.45, 2.75) is 25.9 Å². The first-order valence-electron chi connectivity index (χ1n) is 6.07. The minimum absolute atomic E-state index is 0.00305. The number of nitrogens with one attached hydrogen (secondary N) is 1. The van der Waals surface area contributed by atoms with E-state index >= 15 is 0 Å². The van der Waals surface area contributed by atoms with E-state index in [4.69, 9.17) is 5.73 Å². The van der Waals surface area contributed by atoms with Crippen molar-refractivity contribution in [2.24, 2.45) is 5.73 Å². The van der Waals surface area contributed by atoms with Gasteiger partial charge in [0.1, 0.15) is 22.9 Å². The molecule has 0 atom stereocenters. The third-order valence-electron chi connectivity index (χ3n) is 3.37. The lowest BCUT2D eigenvalue weighted by molar-refractivity contribution is -0.135. The van der Waals surface area contributed by atoms with Crippen LogP contribution in [-0.4, -0.2) is 23.9 Å². The molecule has 0 bridgehead atoms. The van der Waals surface area contributed by atoms with E-state index in [1.165, 1.54) is 13.8 Å². The van der Waals surface area contributed by atoms with Crippen LogP contribution in [0.1, 0.15) is 19.4 Å². The second kappa shape index (κ2) is 4.82. The van der Waals surface area contributed by atoms with Crippen LogP contribution in [0.5, 0.6) is 0 Å². The average molecular weight is 283 g/mol. The summed E-state index contributed by atoms with van der Waals surface area (Å²) in [4.78, 5) is 24.4. The van der Waals surface area contributed by atoms with E-state index in [9.17, 15) is 18.4 Å². The number of carbonyl (C=O) groups is 2. The molecule has 0 aromatic heterocycles. The van der Waals surface area contributed by atoms with E-state index in [-0.39, 0.29) is 13.1 Å². The molecule has 1 aliphatic rings. The molecule has 1 heterocycles. The molecule has 1 fully saturated rings. The Balaban J connectivity index is 2.54. The number of hydrogen-bond acceptors (Lipinski definition) is 4. The molecule has 3 N–H and O–H groups in total. The quantitative estimate of drug-likeness (QED) is 0.782. The lowest BCUT2D eigenvalue weighted by Crippen LogP contribution is -2.64. The molecule has 1 aromatic carbocycles. The van der Waals surface area contributed by atoms with E-state index in [1.807, 2.05) is 0 Å². The third kappa shape index (κ3) is 2.24. The van der Waals surface area contributed by atoms with Gasteiger partial charge in [0.25, 0.3) is 5.91 Å². The Hall–Kier alpha value is -2.02. The minimum atomic E-state index is -1.24. The number of carbonyl (C=O) groups excluding carboxylic acids is 2. The number of piperazine rings is 1. The fourth-order valence-electron chi connectivity index (χ4n) is 2.14. The molecule has 0 radical (unpaired) electrons. The van der Waals surface area contributed by atoms with Gasteiger partial charge in [-0.25, -0.2) is 8.78 Å². The van der Waals surface area contributed by atoms with Gasteiger partial charge in [0.15, 0.2) is 0 Å². The molecule has 108 valence electrons. The van der Waals surface area contributed by atoms with Gasteiger partial charge in [0.2, 0.25) is 5.91 Å². The van der Waals surface area contributed by atoms with E-state index < -0.39 is 34.7 Å². The van der Waals surface area contributed by atoms with Gasteiger partial charge in [-0.2, -0.15) is 0 Å². The van der Waals surface area contributed by atoms with Crippen LogP contribution in [0.4, 0.5) is 14.5 Å². The van der Waals surface area contributed by atoms with Gasteiger partial charge >= 0.3 is 0 Å². The van der Waals surface area contributed by atoms with Gasteiger partial charge in [-0.3, -0.25) is 14.9 Å². The Morgan fingerprint density at radius 1 is 1.30 bits per heavy atom. The first-order chi connectivity index (χ1) is 9.27. The molecule has 0 saturated carbocycles. The molecule has 1 saturated heterocycles. The minimum Gasteiger partial charge on any atom is -0.343 e. The summed E-state index contributed by atoms with van der Waals surface area (Å²) in [5, 5.41) is 2.15. The summed E-state index contributed by atoms with van der Waals surface area (Å²) >= 11 is 0. The van der Waals surface area contributed by atoms with Crippen molar-refractivity contribution in [1.29, 1.82) is 0 Å². The summed E-state index contributed by atoms with van der Waals surface area (Å²) in [6, 6.07) is 2.21. The normalized spacial score (nSPS) is 18.1. The maximum atomic E-state index is 14.1. The first-order valence-corrected chi connectivity index (χ1v) is 6.07. The Bertz CT molecular complexity index is 564. The molecule has 0 aliphatic carbocycles. The van der Waals surface area contributed by atoms with Gasteiger partial charge in [-0.05, 0) is 31.5 Å². The van der Waals surface area contributed by atoms with Gasteiger partial charge < -0.3 is 10.6 Å². The maximum Gasteiger partial charge on any atom is 0.251 e. The van der Waals surface area contributed by atoms with Crippen LogP contribution in [0.25, 0.3) is 0 Å². The number of rotatable bonds is 2. The van der Waals surface area contributed by atoms with E-state index in [0.717, 1.165) is 17.0 Å². The first kappa shape index (κ1) is 14.4. The largest absolute Gasteiger partial charge is 0.343 e. The van der Waals surface area contributed by atoms with Gasteiger partial charge in [-0.15, -0.1) is 0 Å². The van der Waals surface area contributed by atoms with Crippen molar-refractivity contribution >= 4 is 17.5 Å². The highest BCUT2D eigenvalue weighted by atomic mass is 19.1. The topological polar surface area (TPSA) is 75.4 Å². The summed E-state index contributed by atoms with van der Waals surface area (Å²) in [7, 11) is 0. The molecular weight excluding hydrogens is 268 g/mol. The lowest BCUT2D eigenvalue weighted by atomic mass is 9.97. The van der Waals surface area contributed by atoms with Crippen molar-refractivity contribution in [1.82, 2.24) is 5.32 Å². The molecule has 1 aliphatic heterocycles. The summed E-state index contributed by atoms with van der Waals surface area (Å²) in [6.45, 7) is 2.68. The molecule has 2 rings (SSSR count). The molecule has 5 nitrogen and oxygen atoms in total. The highest BCUT2D eigenvalue weighted by Crippen LogP contribution is 2.32.